The van der Waals surface area contributed by atoms with Gasteiger partial charge in [0.1, 0.15) is 0 Å². The Bertz CT molecular complexity index is 569. The number of amides is 1. The molecule has 4 heteroatoms. The molecule has 2 atom stereocenters. The first-order valence-electron chi connectivity index (χ1n) is 20.7. The average Bonchev–Trinajstić information content (AvgIpc) is 3.04. The van der Waals surface area contributed by atoms with Gasteiger partial charge >= 0.3 is 0 Å². The van der Waals surface area contributed by atoms with Gasteiger partial charge in [-0.3, -0.25) is 4.79 Å². The van der Waals surface area contributed by atoms with Gasteiger partial charge in [0.05, 0.1) is 18.8 Å². The summed E-state index contributed by atoms with van der Waals surface area (Å²) in [5.74, 6) is -0.0534. The Hall–Kier alpha value is -0.610. The zero-order valence-electron chi connectivity index (χ0n) is 30.9. The van der Waals surface area contributed by atoms with E-state index in [1.54, 1.807) is 0 Å². The van der Waals surface area contributed by atoms with Crippen LogP contribution in [-0.2, 0) is 4.79 Å². The smallest absolute Gasteiger partial charge is 0.220 e. The van der Waals surface area contributed by atoms with Crippen LogP contribution in [0.3, 0.4) is 0 Å². The Morgan fingerprint density at radius 3 is 1.00 bits per heavy atom. The molecule has 0 aromatic rings. The first-order chi connectivity index (χ1) is 22.2. The number of rotatable bonds is 38. The van der Waals surface area contributed by atoms with Gasteiger partial charge in [0, 0.05) is 6.42 Å². The molecule has 0 bridgehead atoms. The van der Waals surface area contributed by atoms with E-state index in [2.05, 4.69) is 19.2 Å². The first-order valence-corrected chi connectivity index (χ1v) is 20.7. The van der Waals surface area contributed by atoms with Gasteiger partial charge in [-0.25, -0.2) is 0 Å². The van der Waals surface area contributed by atoms with Gasteiger partial charge in [0.2, 0.25) is 5.91 Å². The summed E-state index contributed by atoms with van der Waals surface area (Å²) in [7, 11) is 0. The molecule has 0 aliphatic carbocycles. The fourth-order valence-corrected chi connectivity index (χ4v) is 6.66. The van der Waals surface area contributed by atoms with Crippen LogP contribution in [0.5, 0.6) is 0 Å². The summed E-state index contributed by atoms with van der Waals surface area (Å²) in [4.78, 5) is 12.0. The molecule has 45 heavy (non-hydrogen) atoms. The molecule has 0 aromatic carbocycles. The maximum absolute atomic E-state index is 12.0. The van der Waals surface area contributed by atoms with Crippen LogP contribution in [0.25, 0.3) is 0 Å². The van der Waals surface area contributed by atoms with Crippen LogP contribution in [0.1, 0.15) is 239 Å². The van der Waals surface area contributed by atoms with Crippen molar-refractivity contribution in [2.24, 2.45) is 0 Å². The molecule has 0 heterocycles. The lowest BCUT2D eigenvalue weighted by Gasteiger charge is -2.22. The molecule has 0 saturated carbocycles. The molecule has 1 amide bonds. The van der Waals surface area contributed by atoms with Gasteiger partial charge < -0.3 is 15.5 Å². The Morgan fingerprint density at radius 2 is 0.711 bits per heavy atom. The monoisotopic (exact) mass is 638 g/mol. The van der Waals surface area contributed by atoms with Gasteiger partial charge in [0.25, 0.3) is 0 Å². The lowest BCUT2D eigenvalue weighted by molar-refractivity contribution is -0.123. The highest BCUT2D eigenvalue weighted by Crippen LogP contribution is 2.17. The molecule has 2 unspecified atom stereocenters. The molecule has 3 N–H and O–H groups in total. The Balaban J connectivity index is 3.26. The average molecular weight is 638 g/mol. The largest absolute Gasteiger partial charge is 0.394 e. The number of aliphatic hydroxyl groups is 2. The molecule has 0 radical (unpaired) electrons. The number of aliphatic hydroxyl groups excluding tert-OH is 2. The van der Waals surface area contributed by atoms with Gasteiger partial charge in [-0.05, 0) is 12.8 Å². The summed E-state index contributed by atoms with van der Waals surface area (Å²) < 4.78 is 0. The number of carbonyl (C=O) groups is 1. The van der Waals surface area contributed by atoms with E-state index in [0.717, 1.165) is 32.1 Å². The second-order valence-corrected chi connectivity index (χ2v) is 14.4. The third kappa shape index (κ3) is 34.5. The fourth-order valence-electron chi connectivity index (χ4n) is 6.66. The van der Waals surface area contributed by atoms with E-state index in [-0.39, 0.29) is 12.5 Å². The summed E-state index contributed by atoms with van der Waals surface area (Å²) in [5.41, 5.74) is 0. The van der Waals surface area contributed by atoms with Crippen LogP contribution in [0.2, 0.25) is 0 Å². The highest BCUT2D eigenvalue weighted by atomic mass is 16.3. The van der Waals surface area contributed by atoms with Crippen molar-refractivity contribution in [2.75, 3.05) is 6.61 Å². The van der Waals surface area contributed by atoms with Crippen LogP contribution >= 0.6 is 0 Å². The van der Waals surface area contributed by atoms with Crippen molar-refractivity contribution in [3.05, 3.63) is 0 Å². The van der Waals surface area contributed by atoms with E-state index < -0.39 is 12.1 Å². The Kier molecular flexibility index (Phi) is 37.3. The number of hydrogen-bond donors (Lipinski definition) is 3. The van der Waals surface area contributed by atoms with Gasteiger partial charge in [-0.2, -0.15) is 0 Å². The summed E-state index contributed by atoms with van der Waals surface area (Å²) in [5, 5.41) is 22.7. The molecule has 0 aromatic heterocycles. The third-order valence-corrected chi connectivity index (χ3v) is 9.87. The standard InChI is InChI=1S/C41H83NO3/c1-3-5-7-8-9-10-11-12-13-14-15-16-17-18-19-20-21-22-23-24-25-26-27-28-29-30-31-32-33-35-36-40(44)39(38-43)42-41(45)37-34-6-4-2/h39-40,43-44H,3-38H2,1-2H3,(H,42,45). The second kappa shape index (κ2) is 37.8. The van der Waals surface area contributed by atoms with Gasteiger partial charge in [-0.1, -0.05) is 219 Å². The lowest BCUT2D eigenvalue weighted by atomic mass is 10.0. The van der Waals surface area contributed by atoms with E-state index in [0.29, 0.717) is 12.8 Å². The molecule has 270 valence electrons. The van der Waals surface area contributed by atoms with Gasteiger partial charge in [0.15, 0.2) is 0 Å². The summed E-state index contributed by atoms with van der Waals surface area (Å²) >= 11 is 0. The Morgan fingerprint density at radius 1 is 0.444 bits per heavy atom. The first kappa shape index (κ1) is 44.4. The third-order valence-electron chi connectivity index (χ3n) is 9.87. The predicted octanol–water partition coefficient (Wildman–Crippen LogP) is 12.5. The van der Waals surface area contributed by atoms with Crippen molar-refractivity contribution in [2.45, 2.75) is 251 Å². The van der Waals surface area contributed by atoms with E-state index in [1.165, 1.54) is 180 Å². The minimum Gasteiger partial charge on any atom is -0.394 e. The quantitative estimate of drug-likeness (QED) is 0.0590. The highest BCUT2D eigenvalue weighted by Gasteiger charge is 2.19. The maximum Gasteiger partial charge on any atom is 0.220 e. The minimum atomic E-state index is -0.649. The van der Waals surface area contributed by atoms with E-state index in [9.17, 15) is 15.0 Å². The molecule has 0 rings (SSSR count). The summed E-state index contributed by atoms with van der Waals surface area (Å²) in [6.07, 6.45) is 45.5. The van der Waals surface area contributed by atoms with E-state index >= 15 is 0 Å². The summed E-state index contributed by atoms with van der Waals surface area (Å²) in [6, 6.07) is -0.525. The summed E-state index contributed by atoms with van der Waals surface area (Å²) in [6.45, 7) is 4.22. The highest BCUT2D eigenvalue weighted by molar-refractivity contribution is 5.76. The zero-order valence-corrected chi connectivity index (χ0v) is 30.9. The van der Waals surface area contributed by atoms with Crippen LogP contribution in [0.4, 0.5) is 0 Å². The molecule has 0 aliphatic heterocycles. The lowest BCUT2D eigenvalue weighted by Crippen LogP contribution is -2.45. The van der Waals surface area contributed by atoms with Crippen molar-refractivity contribution in [1.82, 2.24) is 5.32 Å². The molecule has 4 nitrogen and oxygen atoms in total. The minimum absolute atomic E-state index is 0.0534. The number of carbonyl (C=O) groups excluding carboxylic acids is 1. The van der Waals surface area contributed by atoms with E-state index in [1.807, 2.05) is 0 Å². The molecular formula is C41H83NO3. The normalized spacial score (nSPS) is 12.9. The molecular weight excluding hydrogens is 554 g/mol. The second-order valence-electron chi connectivity index (χ2n) is 14.4. The maximum atomic E-state index is 12.0. The van der Waals surface area contributed by atoms with Crippen LogP contribution in [0.15, 0.2) is 0 Å². The van der Waals surface area contributed by atoms with E-state index in [4.69, 9.17) is 0 Å². The SMILES string of the molecule is CCCCCCCCCCCCCCCCCCCCCCCCCCCCCCCCC(O)C(CO)NC(=O)CCCCC. The zero-order chi connectivity index (χ0) is 32.9. The van der Waals surface area contributed by atoms with Crippen molar-refractivity contribution >= 4 is 5.91 Å². The fraction of sp³-hybridized carbons (Fsp3) is 0.976. The Labute approximate surface area is 283 Å². The molecule has 0 spiro atoms. The van der Waals surface area contributed by atoms with Crippen molar-refractivity contribution in [1.29, 1.82) is 0 Å². The molecule has 0 aliphatic rings. The van der Waals surface area contributed by atoms with Crippen LogP contribution in [0, 0.1) is 0 Å². The van der Waals surface area contributed by atoms with Crippen molar-refractivity contribution < 1.29 is 15.0 Å². The topological polar surface area (TPSA) is 69.6 Å². The predicted molar refractivity (Wildman–Crippen MR) is 198 cm³/mol. The number of unbranched alkanes of at least 4 members (excludes halogenated alkanes) is 31. The molecule has 0 fully saturated rings. The van der Waals surface area contributed by atoms with Crippen LogP contribution in [-0.4, -0.2) is 34.9 Å². The number of nitrogens with one attached hydrogen (secondary N) is 1. The van der Waals surface area contributed by atoms with Crippen molar-refractivity contribution in [3.8, 4) is 0 Å². The van der Waals surface area contributed by atoms with Crippen molar-refractivity contribution in [3.63, 3.8) is 0 Å². The number of hydrogen-bond acceptors (Lipinski definition) is 3. The molecule has 0 saturated heterocycles. The van der Waals surface area contributed by atoms with Gasteiger partial charge in [-0.15, -0.1) is 0 Å². The van der Waals surface area contributed by atoms with Crippen LogP contribution < -0.4 is 5.32 Å².